The highest BCUT2D eigenvalue weighted by Gasteiger charge is 2.62. The molecule has 2 aromatic carbocycles. The van der Waals surface area contributed by atoms with E-state index in [4.69, 9.17) is 16.3 Å². The molecule has 0 spiro atoms. The van der Waals surface area contributed by atoms with E-state index in [1.807, 2.05) is 30.3 Å². The molecule has 1 N–H and O–H groups in total. The summed E-state index contributed by atoms with van der Waals surface area (Å²) in [7, 11) is 0. The molecule has 1 heterocycles. The van der Waals surface area contributed by atoms with Crippen LogP contribution in [0.1, 0.15) is 24.8 Å². The van der Waals surface area contributed by atoms with Crippen LogP contribution in [-0.2, 0) is 30.3 Å². The van der Waals surface area contributed by atoms with Gasteiger partial charge in [0.1, 0.15) is 6.04 Å². The molecule has 2 aliphatic carbocycles. The summed E-state index contributed by atoms with van der Waals surface area (Å²) in [5.74, 6) is -2.17. The van der Waals surface area contributed by atoms with Crippen molar-refractivity contribution in [1.82, 2.24) is 4.90 Å². The van der Waals surface area contributed by atoms with Crippen molar-refractivity contribution < 1.29 is 23.9 Å². The molecule has 2 saturated carbocycles. The van der Waals surface area contributed by atoms with E-state index >= 15 is 0 Å². The smallest absolute Gasteiger partial charge is 0.330 e. The fourth-order valence-electron chi connectivity index (χ4n) is 5.87. The highest BCUT2D eigenvalue weighted by atomic mass is 79.9. The molecule has 3 fully saturated rings. The second-order valence-corrected chi connectivity index (χ2v) is 10.7. The van der Waals surface area contributed by atoms with Crippen molar-refractivity contribution >= 4 is 56.9 Å². The van der Waals surface area contributed by atoms with Gasteiger partial charge in [-0.3, -0.25) is 19.3 Å². The van der Waals surface area contributed by atoms with E-state index in [9.17, 15) is 19.2 Å². The zero-order chi connectivity index (χ0) is 24.7. The molecule has 1 saturated heterocycles. The van der Waals surface area contributed by atoms with Crippen LogP contribution < -0.4 is 5.32 Å². The number of likely N-dealkylation sites (tertiary alicyclic amines) is 1. The Morgan fingerprint density at radius 1 is 1.06 bits per heavy atom. The molecule has 9 heteroatoms. The number of hydrogen-bond acceptors (Lipinski definition) is 5. The quantitative estimate of drug-likeness (QED) is 0.405. The SMILES string of the molecule is O=C(COC(=O)[C@H](Cc1ccccc1)N1C(=O)[C@@H]2[C@H]3CC[C@@H](C3)[C@H]2C1=O)Nc1ccc(Br)cc1Cl. The molecular formula is C26H24BrClN2O5. The number of esters is 1. The molecule has 35 heavy (non-hydrogen) atoms. The van der Waals surface area contributed by atoms with Crippen molar-refractivity contribution in [3.05, 3.63) is 63.6 Å². The van der Waals surface area contributed by atoms with E-state index < -0.39 is 24.5 Å². The number of benzene rings is 2. The highest BCUT2D eigenvalue weighted by molar-refractivity contribution is 9.10. The Hall–Kier alpha value is -2.71. The average Bonchev–Trinajstić information content (AvgIpc) is 3.52. The highest BCUT2D eigenvalue weighted by Crippen LogP contribution is 2.56. The minimum Gasteiger partial charge on any atom is -0.454 e. The molecule has 5 atom stereocenters. The van der Waals surface area contributed by atoms with E-state index in [0.717, 1.165) is 34.2 Å². The maximum absolute atomic E-state index is 13.4. The van der Waals surface area contributed by atoms with Gasteiger partial charge in [-0.15, -0.1) is 0 Å². The van der Waals surface area contributed by atoms with E-state index in [0.29, 0.717) is 10.7 Å². The summed E-state index contributed by atoms with van der Waals surface area (Å²) >= 11 is 9.44. The third-order valence-corrected chi connectivity index (χ3v) is 8.17. The van der Waals surface area contributed by atoms with Gasteiger partial charge >= 0.3 is 5.97 Å². The number of imide groups is 1. The molecule has 0 unspecified atom stereocenters. The standard InChI is InChI=1S/C26H24BrClN2O5/c27-17-8-9-19(18(28)12-17)29-21(31)13-35-26(34)20(10-14-4-2-1-3-5-14)30-24(32)22-15-6-7-16(11-15)23(22)25(30)33/h1-5,8-9,12,15-16,20,22-23H,6-7,10-11,13H2,(H,29,31)/t15-,16-,20-,22+,23+/m0/s1. The Labute approximate surface area is 216 Å². The van der Waals surface area contributed by atoms with Crippen molar-refractivity contribution in [3.63, 3.8) is 0 Å². The van der Waals surface area contributed by atoms with Crippen LogP contribution in [0, 0.1) is 23.7 Å². The largest absolute Gasteiger partial charge is 0.454 e. The van der Waals surface area contributed by atoms with E-state index in [1.54, 1.807) is 18.2 Å². The van der Waals surface area contributed by atoms with E-state index in [2.05, 4.69) is 21.2 Å². The molecular weight excluding hydrogens is 536 g/mol. The number of nitrogens with one attached hydrogen (secondary N) is 1. The minimum absolute atomic E-state index is 0.131. The van der Waals surface area contributed by atoms with Crippen LogP contribution in [0.3, 0.4) is 0 Å². The van der Waals surface area contributed by atoms with Gasteiger partial charge in [-0.25, -0.2) is 4.79 Å². The van der Waals surface area contributed by atoms with Gasteiger partial charge in [-0.2, -0.15) is 0 Å². The summed E-state index contributed by atoms with van der Waals surface area (Å²) in [6.45, 7) is -0.565. The Morgan fingerprint density at radius 3 is 2.34 bits per heavy atom. The maximum atomic E-state index is 13.4. The Kier molecular flexibility index (Phi) is 6.68. The molecule has 182 valence electrons. The van der Waals surface area contributed by atoms with Crippen molar-refractivity contribution in [2.24, 2.45) is 23.7 Å². The Bertz CT molecular complexity index is 1160. The Morgan fingerprint density at radius 2 is 1.71 bits per heavy atom. The second kappa shape index (κ2) is 9.74. The first kappa shape index (κ1) is 24.0. The van der Waals surface area contributed by atoms with E-state index in [1.165, 1.54) is 0 Å². The molecule has 0 radical (unpaired) electrons. The number of hydrogen-bond donors (Lipinski definition) is 1. The molecule has 5 rings (SSSR count). The van der Waals surface area contributed by atoms with E-state index in [-0.39, 0.29) is 41.9 Å². The lowest BCUT2D eigenvalue weighted by molar-refractivity contribution is -0.160. The fraction of sp³-hybridized carbons (Fsp3) is 0.385. The number of nitrogens with zero attached hydrogens (tertiary/aromatic N) is 1. The summed E-state index contributed by atoms with van der Waals surface area (Å²) in [5, 5.41) is 2.93. The van der Waals surface area contributed by atoms with Crippen molar-refractivity contribution in [1.29, 1.82) is 0 Å². The topological polar surface area (TPSA) is 92.8 Å². The summed E-state index contributed by atoms with van der Waals surface area (Å²) in [4.78, 5) is 53.5. The number of anilines is 1. The predicted octanol–water partition coefficient (Wildman–Crippen LogP) is 4.23. The molecule has 0 aromatic heterocycles. The first-order chi connectivity index (χ1) is 16.8. The van der Waals surface area contributed by atoms with Crippen LogP contribution in [0.25, 0.3) is 0 Å². The van der Waals surface area contributed by atoms with Crippen LogP contribution >= 0.6 is 27.5 Å². The lowest BCUT2D eigenvalue weighted by Gasteiger charge is -2.26. The van der Waals surface area contributed by atoms with Crippen LogP contribution in [-0.4, -0.2) is 41.2 Å². The summed E-state index contributed by atoms with van der Waals surface area (Å²) in [6, 6.07) is 13.0. The second-order valence-electron chi connectivity index (χ2n) is 9.42. The van der Waals surface area contributed by atoms with Gasteiger partial charge in [0.2, 0.25) is 11.8 Å². The number of fused-ring (bicyclic) bond motifs is 5. The molecule has 1 aliphatic heterocycles. The predicted molar refractivity (Wildman–Crippen MR) is 132 cm³/mol. The van der Waals surface area contributed by atoms with Crippen molar-refractivity contribution in [3.8, 4) is 0 Å². The first-order valence-corrected chi connectivity index (χ1v) is 12.8. The zero-order valence-corrected chi connectivity index (χ0v) is 21.1. The summed E-state index contributed by atoms with van der Waals surface area (Å²) in [5.41, 5.74) is 1.17. The lowest BCUT2D eigenvalue weighted by atomic mass is 9.81. The molecule has 3 aliphatic rings. The minimum atomic E-state index is -1.12. The molecule has 7 nitrogen and oxygen atoms in total. The molecule has 2 aromatic rings. The van der Waals surface area contributed by atoms with Gasteiger partial charge in [0.05, 0.1) is 22.5 Å². The maximum Gasteiger partial charge on any atom is 0.330 e. The number of halogens is 2. The summed E-state index contributed by atoms with van der Waals surface area (Å²) < 4.78 is 6.08. The zero-order valence-electron chi connectivity index (χ0n) is 18.8. The third-order valence-electron chi connectivity index (χ3n) is 7.37. The number of rotatable bonds is 7. The Balaban J connectivity index is 1.31. The summed E-state index contributed by atoms with van der Waals surface area (Å²) in [6.07, 6.45) is 2.94. The normalized spacial score (nSPS) is 25.5. The molecule has 2 bridgehead atoms. The van der Waals surface area contributed by atoms with Gasteiger partial charge < -0.3 is 10.1 Å². The van der Waals surface area contributed by atoms with Gasteiger partial charge in [0.15, 0.2) is 6.61 Å². The fourth-order valence-corrected chi connectivity index (χ4v) is 6.59. The number of carbonyl (C=O) groups is 4. The number of carbonyl (C=O) groups excluding carboxylic acids is 4. The van der Waals surface area contributed by atoms with Crippen LogP contribution in [0.5, 0.6) is 0 Å². The van der Waals surface area contributed by atoms with Crippen LogP contribution in [0.4, 0.5) is 5.69 Å². The number of amides is 3. The number of ether oxygens (including phenoxy) is 1. The molecule has 3 amide bonds. The van der Waals surface area contributed by atoms with Crippen molar-refractivity contribution in [2.75, 3.05) is 11.9 Å². The van der Waals surface area contributed by atoms with Gasteiger partial charge in [0, 0.05) is 10.9 Å². The van der Waals surface area contributed by atoms with Crippen molar-refractivity contribution in [2.45, 2.75) is 31.7 Å². The lowest BCUT2D eigenvalue weighted by Crippen LogP contribution is -2.48. The van der Waals surface area contributed by atoms with Crippen LogP contribution in [0.2, 0.25) is 5.02 Å². The first-order valence-electron chi connectivity index (χ1n) is 11.7. The van der Waals surface area contributed by atoms with Gasteiger partial charge in [-0.05, 0) is 54.9 Å². The van der Waals surface area contributed by atoms with Gasteiger partial charge in [0.25, 0.3) is 5.91 Å². The monoisotopic (exact) mass is 558 g/mol. The van der Waals surface area contributed by atoms with Gasteiger partial charge in [-0.1, -0.05) is 57.9 Å². The third kappa shape index (κ3) is 4.61. The average molecular weight is 560 g/mol. The van der Waals surface area contributed by atoms with Crippen LogP contribution in [0.15, 0.2) is 53.0 Å².